The standard InChI is InChI=1S/C28H29N5O/c1-18-26(20-7-3-2-4-8-20)32-27(31-18)25-16-21-9-5-6-10-22(21)17-33(25)28(34)24(30)15-19-11-13-23(29)14-12-19/h2-14,24-25H,15-17,29-30H2,1H3,(H,31,32)/t24-,25-/m0/s1. The van der Waals surface area contributed by atoms with Crippen LogP contribution in [0.5, 0.6) is 0 Å². The largest absolute Gasteiger partial charge is 0.399 e. The third-order valence-corrected chi connectivity index (χ3v) is 6.55. The molecule has 1 aliphatic heterocycles. The lowest BCUT2D eigenvalue weighted by molar-refractivity contribution is -0.136. The number of H-pyrrole nitrogens is 1. The second kappa shape index (κ2) is 9.15. The quantitative estimate of drug-likeness (QED) is 0.397. The molecule has 172 valence electrons. The van der Waals surface area contributed by atoms with Gasteiger partial charge in [-0.25, -0.2) is 4.98 Å². The zero-order valence-electron chi connectivity index (χ0n) is 19.2. The molecule has 0 aliphatic carbocycles. The smallest absolute Gasteiger partial charge is 0.240 e. The number of rotatable bonds is 5. The van der Waals surface area contributed by atoms with Crippen LogP contribution in [0.4, 0.5) is 5.69 Å². The van der Waals surface area contributed by atoms with Gasteiger partial charge < -0.3 is 21.4 Å². The Bertz CT molecular complexity index is 1300. The summed E-state index contributed by atoms with van der Waals surface area (Å²) < 4.78 is 0. The first-order valence-corrected chi connectivity index (χ1v) is 11.6. The van der Waals surface area contributed by atoms with E-state index in [4.69, 9.17) is 16.5 Å². The number of hydrogen-bond acceptors (Lipinski definition) is 4. The van der Waals surface area contributed by atoms with Crippen LogP contribution in [0, 0.1) is 6.92 Å². The molecule has 2 atom stereocenters. The highest BCUT2D eigenvalue weighted by atomic mass is 16.2. The van der Waals surface area contributed by atoms with Crippen molar-refractivity contribution in [3.63, 3.8) is 0 Å². The van der Waals surface area contributed by atoms with Crippen molar-refractivity contribution in [2.75, 3.05) is 5.73 Å². The number of nitrogens with zero attached hydrogens (tertiary/aromatic N) is 2. The van der Waals surface area contributed by atoms with Crippen molar-refractivity contribution in [2.24, 2.45) is 5.73 Å². The number of nitrogen functional groups attached to an aromatic ring is 1. The fraction of sp³-hybridized carbons (Fsp3) is 0.214. The average molecular weight is 452 g/mol. The number of nitrogens with two attached hydrogens (primary N) is 2. The number of nitrogens with one attached hydrogen (secondary N) is 1. The van der Waals surface area contributed by atoms with Gasteiger partial charge in [0.1, 0.15) is 5.82 Å². The summed E-state index contributed by atoms with van der Waals surface area (Å²) in [4.78, 5) is 24.0. The fourth-order valence-electron chi connectivity index (χ4n) is 4.73. The number of hydrogen-bond donors (Lipinski definition) is 3. The van der Waals surface area contributed by atoms with Crippen molar-refractivity contribution < 1.29 is 4.79 Å². The molecule has 1 aliphatic rings. The van der Waals surface area contributed by atoms with Crippen LogP contribution in [-0.4, -0.2) is 26.8 Å². The maximum atomic E-state index is 13.7. The zero-order chi connectivity index (χ0) is 23.7. The molecule has 1 amide bonds. The molecule has 0 radical (unpaired) electrons. The Morgan fingerprint density at radius 2 is 1.71 bits per heavy atom. The fourth-order valence-corrected chi connectivity index (χ4v) is 4.73. The van der Waals surface area contributed by atoms with Crippen molar-refractivity contribution in [2.45, 2.75) is 38.4 Å². The van der Waals surface area contributed by atoms with Crippen LogP contribution < -0.4 is 11.5 Å². The molecule has 4 aromatic rings. The molecule has 0 spiro atoms. The summed E-state index contributed by atoms with van der Waals surface area (Å²) in [5, 5.41) is 0. The normalized spacial score (nSPS) is 16.2. The van der Waals surface area contributed by atoms with E-state index >= 15 is 0 Å². The number of imidazole rings is 1. The SMILES string of the molecule is Cc1[nH]c([C@@H]2Cc3ccccc3CN2C(=O)[C@@H](N)Cc2ccc(N)cc2)nc1-c1ccccc1. The Morgan fingerprint density at radius 1 is 1.03 bits per heavy atom. The van der Waals surface area contributed by atoms with E-state index in [1.54, 1.807) is 0 Å². The molecule has 0 unspecified atom stereocenters. The lowest BCUT2D eigenvalue weighted by Crippen LogP contribution is -2.48. The molecule has 0 saturated heterocycles. The predicted octanol–water partition coefficient (Wildman–Crippen LogP) is 4.16. The Hall–Kier alpha value is -3.90. The lowest BCUT2D eigenvalue weighted by atomic mass is 9.92. The number of amides is 1. The molecular weight excluding hydrogens is 422 g/mol. The molecule has 6 heteroatoms. The monoisotopic (exact) mass is 451 g/mol. The van der Waals surface area contributed by atoms with Crippen molar-refractivity contribution in [3.8, 4) is 11.3 Å². The van der Waals surface area contributed by atoms with Gasteiger partial charge in [0, 0.05) is 29.9 Å². The van der Waals surface area contributed by atoms with E-state index in [-0.39, 0.29) is 11.9 Å². The molecule has 1 aromatic heterocycles. The molecule has 0 bridgehead atoms. The third kappa shape index (κ3) is 4.32. The van der Waals surface area contributed by atoms with E-state index in [1.165, 1.54) is 5.56 Å². The van der Waals surface area contributed by atoms with E-state index in [0.717, 1.165) is 33.9 Å². The summed E-state index contributed by atoms with van der Waals surface area (Å²) in [6.45, 7) is 2.53. The predicted molar refractivity (Wildman–Crippen MR) is 135 cm³/mol. The van der Waals surface area contributed by atoms with Gasteiger partial charge in [0.15, 0.2) is 0 Å². The van der Waals surface area contributed by atoms with Crippen LogP contribution in [-0.2, 0) is 24.2 Å². The summed E-state index contributed by atoms with van der Waals surface area (Å²) in [6.07, 6.45) is 1.15. The maximum absolute atomic E-state index is 13.7. The molecular formula is C28H29N5O. The van der Waals surface area contributed by atoms with E-state index in [9.17, 15) is 4.79 Å². The maximum Gasteiger partial charge on any atom is 0.240 e. The summed E-state index contributed by atoms with van der Waals surface area (Å²) in [5.74, 6) is 0.713. The van der Waals surface area contributed by atoms with Crippen LogP contribution in [0.1, 0.15) is 34.3 Å². The van der Waals surface area contributed by atoms with Crippen LogP contribution in [0.25, 0.3) is 11.3 Å². The van der Waals surface area contributed by atoms with Gasteiger partial charge >= 0.3 is 0 Å². The molecule has 0 saturated carbocycles. The molecule has 2 heterocycles. The minimum atomic E-state index is -0.652. The Kier molecular flexibility index (Phi) is 5.90. The number of aromatic amines is 1. The molecule has 0 fully saturated rings. The van der Waals surface area contributed by atoms with E-state index in [2.05, 4.69) is 29.2 Å². The lowest BCUT2D eigenvalue weighted by Gasteiger charge is -2.37. The number of carbonyl (C=O) groups excluding carboxylic acids is 1. The first-order valence-electron chi connectivity index (χ1n) is 11.6. The van der Waals surface area contributed by atoms with Crippen molar-refractivity contribution in [1.29, 1.82) is 0 Å². The highest BCUT2D eigenvalue weighted by Crippen LogP contribution is 2.34. The van der Waals surface area contributed by atoms with Gasteiger partial charge in [-0.15, -0.1) is 0 Å². The number of aryl methyl sites for hydroxylation is 1. The number of aromatic nitrogens is 2. The van der Waals surface area contributed by atoms with Crippen molar-refractivity contribution >= 4 is 11.6 Å². The van der Waals surface area contributed by atoms with Crippen molar-refractivity contribution in [1.82, 2.24) is 14.9 Å². The number of fused-ring (bicyclic) bond motifs is 1. The average Bonchev–Trinajstić information content (AvgIpc) is 3.26. The summed E-state index contributed by atoms with van der Waals surface area (Å²) in [7, 11) is 0. The van der Waals surface area contributed by atoms with Gasteiger partial charge in [0.25, 0.3) is 0 Å². The number of carbonyl (C=O) groups is 1. The van der Waals surface area contributed by atoms with Gasteiger partial charge in [-0.2, -0.15) is 0 Å². The minimum Gasteiger partial charge on any atom is -0.399 e. The van der Waals surface area contributed by atoms with Crippen LogP contribution in [0.2, 0.25) is 0 Å². The number of benzene rings is 3. The Morgan fingerprint density at radius 3 is 2.44 bits per heavy atom. The second-order valence-electron chi connectivity index (χ2n) is 8.97. The van der Waals surface area contributed by atoms with E-state index in [1.807, 2.05) is 66.4 Å². The van der Waals surface area contributed by atoms with Gasteiger partial charge in [-0.3, -0.25) is 4.79 Å². The molecule has 6 nitrogen and oxygen atoms in total. The first kappa shape index (κ1) is 21.9. The van der Waals surface area contributed by atoms with Gasteiger partial charge in [-0.1, -0.05) is 66.7 Å². The van der Waals surface area contributed by atoms with E-state index in [0.29, 0.717) is 25.1 Å². The van der Waals surface area contributed by atoms with Crippen LogP contribution in [0.15, 0.2) is 78.9 Å². The number of anilines is 1. The van der Waals surface area contributed by atoms with Gasteiger partial charge in [0.05, 0.1) is 17.8 Å². The third-order valence-electron chi connectivity index (χ3n) is 6.55. The van der Waals surface area contributed by atoms with Gasteiger partial charge in [-0.05, 0) is 42.2 Å². The minimum absolute atomic E-state index is 0.0772. The highest BCUT2D eigenvalue weighted by Gasteiger charge is 2.35. The highest BCUT2D eigenvalue weighted by molar-refractivity contribution is 5.83. The summed E-state index contributed by atoms with van der Waals surface area (Å²) >= 11 is 0. The summed E-state index contributed by atoms with van der Waals surface area (Å²) in [6, 6.07) is 25.0. The Balaban J connectivity index is 1.47. The summed E-state index contributed by atoms with van der Waals surface area (Å²) in [5.41, 5.74) is 19.3. The van der Waals surface area contributed by atoms with Gasteiger partial charge in [0.2, 0.25) is 5.91 Å². The topological polar surface area (TPSA) is 101 Å². The second-order valence-corrected chi connectivity index (χ2v) is 8.97. The Labute approximate surface area is 199 Å². The van der Waals surface area contributed by atoms with E-state index < -0.39 is 6.04 Å². The molecule has 34 heavy (non-hydrogen) atoms. The van der Waals surface area contributed by atoms with Crippen molar-refractivity contribution in [3.05, 3.63) is 107 Å². The molecule has 3 aromatic carbocycles. The molecule has 5 N–H and O–H groups in total. The zero-order valence-corrected chi connectivity index (χ0v) is 19.2. The molecule has 5 rings (SSSR count). The van der Waals surface area contributed by atoms with Crippen LogP contribution in [0.3, 0.4) is 0 Å². The van der Waals surface area contributed by atoms with Crippen LogP contribution >= 0.6 is 0 Å². The first-order chi connectivity index (χ1) is 16.5.